The van der Waals surface area contributed by atoms with Gasteiger partial charge in [-0.05, 0) is 42.9 Å². The Kier molecular flexibility index (Phi) is 6.74. The Labute approximate surface area is 166 Å². The number of likely N-dealkylation sites (tertiary alicyclic amines) is 1. The third kappa shape index (κ3) is 5.38. The van der Waals surface area contributed by atoms with E-state index >= 15 is 0 Å². The zero-order valence-corrected chi connectivity index (χ0v) is 16.9. The Morgan fingerprint density at radius 2 is 1.86 bits per heavy atom. The lowest BCUT2D eigenvalue weighted by Crippen LogP contribution is -2.47. The number of hydrogen-bond donors (Lipinski definition) is 1. The van der Waals surface area contributed by atoms with Gasteiger partial charge < -0.3 is 19.7 Å². The predicted octanol–water partition coefficient (Wildman–Crippen LogP) is 4.46. The van der Waals surface area contributed by atoms with E-state index in [0.717, 1.165) is 18.7 Å². The van der Waals surface area contributed by atoms with Crippen LogP contribution in [0.4, 0.5) is 4.79 Å². The fraction of sp³-hybridized carbons (Fsp3) is 0.455. The molecule has 0 saturated carbocycles. The van der Waals surface area contributed by atoms with Gasteiger partial charge in [-0.3, -0.25) is 0 Å². The molecule has 2 unspecified atom stereocenters. The first kappa shape index (κ1) is 20.0. The van der Waals surface area contributed by atoms with Crippen LogP contribution in [0.5, 0.6) is 17.4 Å². The van der Waals surface area contributed by atoms with Crippen LogP contribution in [0.15, 0.2) is 42.6 Å². The van der Waals surface area contributed by atoms with Crippen molar-refractivity contribution >= 4 is 6.03 Å². The molecule has 0 bridgehead atoms. The molecule has 1 aliphatic heterocycles. The van der Waals surface area contributed by atoms with Crippen LogP contribution in [0, 0.1) is 11.8 Å². The van der Waals surface area contributed by atoms with E-state index in [1.165, 1.54) is 6.42 Å². The van der Waals surface area contributed by atoms with E-state index in [4.69, 9.17) is 9.47 Å². The number of ether oxygens (including phenoxy) is 2. The molecule has 150 valence electrons. The number of piperidine rings is 1. The second kappa shape index (κ2) is 9.44. The zero-order valence-electron chi connectivity index (χ0n) is 16.9. The van der Waals surface area contributed by atoms with Crippen LogP contribution in [0.3, 0.4) is 0 Å². The molecule has 1 aromatic carbocycles. The van der Waals surface area contributed by atoms with E-state index in [2.05, 4.69) is 24.1 Å². The van der Waals surface area contributed by atoms with Crippen LogP contribution in [0.1, 0.15) is 32.8 Å². The molecule has 2 aromatic rings. The molecule has 0 radical (unpaired) electrons. The minimum absolute atomic E-state index is 0.00984. The molecule has 1 N–H and O–H groups in total. The fourth-order valence-electron chi connectivity index (χ4n) is 3.62. The highest BCUT2D eigenvalue weighted by molar-refractivity contribution is 5.74. The van der Waals surface area contributed by atoms with E-state index in [1.54, 1.807) is 12.3 Å². The van der Waals surface area contributed by atoms with Gasteiger partial charge in [-0.15, -0.1) is 0 Å². The van der Waals surface area contributed by atoms with Gasteiger partial charge in [0, 0.05) is 31.9 Å². The molecule has 0 spiro atoms. The quantitative estimate of drug-likeness (QED) is 0.800. The molecule has 2 heterocycles. The van der Waals surface area contributed by atoms with Crippen LogP contribution in [0.25, 0.3) is 0 Å². The number of hydrogen-bond acceptors (Lipinski definition) is 4. The van der Waals surface area contributed by atoms with Crippen LogP contribution in [0.2, 0.25) is 0 Å². The lowest BCUT2D eigenvalue weighted by atomic mass is 9.92. The highest BCUT2D eigenvalue weighted by atomic mass is 16.5. The molecule has 2 amide bonds. The topological polar surface area (TPSA) is 63.7 Å². The van der Waals surface area contributed by atoms with Crippen LogP contribution < -0.4 is 14.8 Å². The van der Waals surface area contributed by atoms with Crippen LogP contribution >= 0.6 is 0 Å². The number of carbonyl (C=O) groups is 1. The zero-order chi connectivity index (χ0) is 19.9. The van der Waals surface area contributed by atoms with Gasteiger partial charge in [0.15, 0.2) is 11.5 Å². The minimum Gasteiger partial charge on any atom is -0.490 e. The van der Waals surface area contributed by atoms with Crippen molar-refractivity contribution in [2.24, 2.45) is 11.8 Å². The number of rotatable bonds is 6. The highest BCUT2D eigenvalue weighted by Gasteiger charge is 2.25. The largest absolute Gasteiger partial charge is 0.490 e. The van der Waals surface area contributed by atoms with Crippen molar-refractivity contribution in [2.75, 3.05) is 19.7 Å². The normalized spacial score (nSPS) is 19.2. The summed E-state index contributed by atoms with van der Waals surface area (Å²) in [7, 11) is 0. The lowest BCUT2D eigenvalue weighted by molar-refractivity contribution is 0.146. The Morgan fingerprint density at radius 3 is 2.50 bits per heavy atom. The number of pyridine rings is 1. The van der Waals surface area contributed by atoms with E-state index in [9.17, 15) is 4.79 Å². The third-order valence-corrected chi connectivity index (χ3v) is 4.76. The van der Waals surface area contributed by atoms with Crippen molar-refractivity contribution in [1.29, 1.82) is 0 Å². The number of nitrogens with zero attached hydrogens (tertiary/aromatic N) is 2. The van der Waals surface area contributed by atoms with E-state index in [-0.39, 0.29) is 6.03 Å². The number of amides is 2. The highest BCUT2D eigenvalue weighted by Crippen LogP contribution is 2.30. The summed E-state index contributed by atoms with van der Waals surface area (Å²) in [5.41, 5.74) is 0.928. The SMILES string of the molecule is CCOc1ccccc1Oc1ccc(CNC(=O)N2CC(C)CC(C)C2)cn1. The minimum atomic E-state index is -0.00984. The molecule has 6 heteroatoms. The monoisotopic (exact) mass is 383 g/mol. The van der Waals surface area contributed by atoms with Crippen molar-refractivity contribution in [3.8, 4) is 17.4 Å². The number of nitrogens with one attached hydrogen (secondary N) is 1. The maximum Gasteiger partial charge on any atom is 0.317 e. The molecule has 1 aliphatic rings. The summed E-state index contributed by atoms with van der Waals surface area (Å²) in [6.45, 7) is 8.98. The average Bonchev–Trinajstić information content (AvgIpc) is 2.68. The Morgan fingerprint density at radius 1 is 1.14 bits per heavy atom. The molecular formula is C22H29N3O3. The van der Waals surface area contributed by atoms with E-state index in [0.29, 0.717) is 42.4 Å². The summed E-state index contributed by atoms with van der Waals surface area (Å²) >= 11 is 0. The summed E-state index contributed by atoms with van der Waals surface area (Å²) in [5.74, 6) is 2.90. The average molecular weight is 383 g/mol. The van der Waals surface area contributed by atoms with Gasteiger partial charge in [-0.25, -0.2) is 9.78 Å². The summed E-state index contributed by atoms with van der Waals surface area (Å²) in [4.78, 5) is 18.7. The molecule has 2 atom stereocenters. The number of carbonyl (C=O) groups excluding carboxylic acids is 1. The number of para-hydroxylation sites is 2. The van der Waals surface area contributed by atoms with Gasteiger partial charge in [-0.1, -0.05) is 32.0 Å². The Hall–Kier alpha value is -2.76. The maximum absolute atomic E-state index is 12.4. The third-order valence-electron chi connectivity index (χ3n) is 4.76. The van der Waals surface area contributed by atoms with Gasteiger partial charge in [0.2, 0.25) is 5.88 Å². The second-order valence-corrected chi connectivity index (χ2v) is 7.50. The molecule has 1 fully saturated rings. The van der Waals surface area contributed by atoms with Crippen LogP contribution in [-0.2, 0) is 6.54 Å². The summed E-state index contributed by atoms with van der Waals surface area (Å²) in [5, 5.41) is 2.99. The van der Waals surface area contributed by atoms with Crippen molar-refractivity contribution in [3.05, 3.63) is 48.2 Å². The molecule has 28 heavy (non-hydrogen) atoms. The molecule has 1 saturated heterocycles. The van der Waals surface area contributed by atoms with Gasteiger partial charge >= 0.3 is 6.03 Å². The van der Waals surface area contributed by atoms with Crippen LogP contribution in [-0.4, -0.2) is 35.6 Å². The van der Waals surface area contributed by atoms with Crippen molar-refractivity contribution in [3.63, 3.8) is 0 Å². The number of urea groups is 1. The molecule has 6 nitrogen and oxygen atoms in total. The first-order valence-corrected chi connectivity index (χ1v) is 9.92. The van der Waals surface area contributed by atoms with E-state index in [1.807, 2.05) is 42.2 Å². The van der Waals surface area contributed by atoms with Gasteiger partial charge in [-0.2, -0.15) is 0 Å². The number of aromatic nitrogens is 1. The van der Waals surface area contributed by atoms with Gasteiger partial charge in [0.25, 0.3) is 0 Å². The van der Waals surface area contributed by atoms with Crippen molar-refractivity contribution < 1.29 is 14.3 Å². The summed E-state index contributed by atoms with van der Waals surface area (Å²) < 4.78 is 11.4. The smallest absolute Gasteiger partial charge is 0.317 e. The summed E-state index contributed by atoms with van der Waals surface area (Å²) in [6.07, 6.45) is 2.90. The molecule has 3 rings (SSSR count). The van der Waals surface area contributed by atoms with E-state index < -0.39 is 0 Å². The fourth-order valence-corrected chi connectivity index (χ4v) is 3.62. The van der Waals surface area contributed by atoms with Crippen molar-refractivity contribution in [1.82, 2.24) is 15.2 Å². The first-order valence-electron chi connectivity index (χ1n) is 9.92. The first-order chi connectivity index (χ1) is 13.5. The van der Waals surface area contributed by atoms with Gasteiger partial charge in [0.05, 0.1) is 6.61 Å². The lowest BCUT2D eigenvalue weighted by Gasteiger charge is -2.34. The predicted molar refractivity (Wildman–Crippen MR) is 109 cm³/mol. The van der Waals surface area contributed by atoms with Gasteiger partial charge in [0.1, 0.15) is 0 Å². The molecule has 1 aromatic heterocycles. The number of benzene rings is 1. The second-order valence-electron chi connectivity index (χ2n) is 7.50. The molecular weight excluding hydrogens is 354 g/mol. The Balaban J connectivity index is 1.54. The molecule has 0 aliphatic carbocycles. The van der Waals surface area contributed by atoms with Crippen molar-refractivity contribution in [2.45, 2.75) is 33.7 Å². The maximum atomic E-state index is 12.4. The standard InChI is InChI=1S/C22H29N3O3/c1-4-27-19-7-5-6-8-20(19)28-21-10-9-18(12-23-21)13-24-22(26)25-14-16(2)11-17(3)15-25/h5-10,12,16-17H,4,11,13-15H2,1-3H3,(H,24,26). The Bertz CT molecular complexity index is 769. The summed E-state index contributed by atoms with van der Waals surface area (Å²) in [6, 6.07) is 11.2.